The van der Waals surface area contributed by atoms with Crippen LogP contribution in [0.1, 0.15) is 26.3 Å². The fourth-order valence-corrected chi connectivity index (χ4v) is 2.19. The summed E-state index contributed by atoms with van der Waals surface area (Å²) in [6.45, 7) is 1.81. The van der Waals surface area contributed by atoms with Gasteiger partial charge in [-0.1, -0.05) is 12.1 Å². The number of aromatic carboxylic acids is 1. The molecule has 0 bridgehead atoms. The van der Waals surface area contributed by atoms with E-state index in [1.54, 1.807) is 37.3 Å². The Balaban J connectivity index is 2.09. The van der Waals surface area contributed by atoms with Gasteiger partial charge in [0.25, 0.3) is 5.91 Å². The molecule has 0 spiro atoms. The first-order valence-corrected chi connectivity index (χ1v) is 7.42. The zero-order chi connectivity index (χ0) is 17.7. The third-order valence-electron chi connectivity index (χ3n) is 3.29. The number of thiocarbonyl (C=S) groups is 1. The van der Waals surface area contributed by atoms with E-state index in [0.29, 0.717) is 17.0 Å². The van der Waals surface area contributed by atoms with Crippen LogP contribution in [0.3, 0.4) is 0 Å². The highest BCUT2D eigenvalue weighted by Crippen LogP contribution is 2.17. The summed E-state index contributed by atoms with van der Waals surface area (Å²) in [6.07, 6.45) is 0. The SMILES string of the molecule is COc1cccc(C(=O)NC(=S)Nc2cc(C(=O)O)ccc2C)c1. The first kappa shape index (κ1) is 17.4. The van der Waals surface area contributed by atoms with Gasteiger partial charge in [0.2, 0.25) is 0 Å². The van der Waals surface area contributed by atoms with Crippen molar-refractivity contribution in [3.8, 4) is 5.75 Å². The molecule has 2 rings (SSSR count). The number of nitrogens with one attached hydrogen (secondary N) is 2. The van der Waals surface area contributed by atoms with Crippen molar-refractivity contribution in [1.29, 1.82) is 0 Å². The van der Waals surface area contributed by atoms with Crippen LogP contribution < -0.4 is 15.4 Å². The van der Waals surface area contributed by atoms with Crippen molar-refractivity contribution in [2.45, 2.75) is 6.92 Å². The molecular formula is C17H16N2O4S. The smallest absolute Gasteiger partial charge is 0.335 e. The predicted octanol–water partition coefficient (Wildman–Crippen LogP) is 2.83. The Hall–Kier alpha value is -2.93. The summed E-state index contributed by atoms with van der Waals surface area (Å²) in [4.78, 5) is 23.2. The molecule has 0 saturated heterocycles. The molecule has 1 amide bonds. The molecule has 7 heteroatoms. The van der Waals surface area contributed by atoms with E-state index in [1.807, 2.05) is 0 Å². The minimum atomic E-state index is -1.04. The maximum absolute atomic E-state index is 12.2. The number of carboxylic acid groups (broad SMARTS) is 1. The molecule has 24 heavy (non-hydrogen) atoms. The first-order valence-electron chi connectivity index (χ1n) is 7.01. The number of hydrogen-bond acceptors (Lipinski definition) is 4. The van der Waals surface area contributed by atoms with Crippen LogP contribution >= 0.6 is 12.2 Å². The minimum Gasteiger partial charge on any atom is -0.497 e. The second kappa shape index (κ2) is 7.56. The molecule has 0 aliphatic heterocycles. The largest absolute Gasteiger partial charge is 0.497 e. The quantitative estimate of drug-likeness (QED) is 0.739. The number of carboxylic acids is 1. The summed E-state index contributed by atoms with van der Waals surface area (Å²) >= 11 is 5.12. The molecule has 3 N–H and O–H groups in total. The number of aryl methyl sites for hydroxylation is 1. The van der Waals surface area contributed by atoms with E-state index >= 15 is 0 Å². The van der Waals surface area contributed by atoms with Crippen LogP contribution in [0.15, 0.2) is 42.5 Å². The standard InChI is InChI=1S/C17H16N2O4S/c1-10-6-7-12(16(21)22)9-14(10)18-17(24)19-15(20)11-4-3-5-13(8-11)23-2/h3-9H,1-2H3,(H,21,22)(H2,18,19,20,24). The lowest BCUT2D eigenvalue weighted by Crippen LogP contribution is -2.34. The Bertz CT molecular complexity index is 805. The average Bonchev–Trinajstić information content (AvgIpc) is 2.56. The topological polar surface area (TPSA) is 87.7 Å². The molecule has 0 radical (unpaired) electrons. The molecule has 0 aromatic heterocycles. The summed E-state index contributed by atoms with van der Waals surface area (Å²) in [5.74, 6) is -0.866. The fraction of sp³-hybridized carbons (Fsp3) is 0.118. The van der Waals surface area contributed by atoms with Crippen molar-refractivity contribution in [2.24, 2.45) is 0 Å². The number of amides is 1. The van der Waals surface area contributed by atoms with E-state index < -0.39 is 11.9 Å². The van der Waals surface area contributed by atoms with Gasteiger partial charge in [-0.05, 0) is 55.0 Å². The first-order chi connectivity index (χ1) is 11.4. The van der Waals surface area contributed by atoms with Crippen molar-refractivity contribution in [1.82, 2.24) is 5.32 Å². The highest BCUT2D eigenvalue weighted by atomic mass is 32.1. The maximum Gasteiger partial charge on any atom is 0.335 e. The summed E-state index contributed by atoms with van der Waals surface area (Å²) in [5, 5.41) is 14.5. The van der Waals surface area contributed by atoms with Crippen LogP contribution in [0.2, 0.25) is 0 Å². The Morgan fingerprint density at radius 1 is 1.12 bits per heavy atom. The van der Waals surface area contributed by atoms with Gasteiger partial charge < -0.3 is 15.2 Å². The number of rotatable bonds is 4. The molecule has 0 unspecified atom stereocenters. The van der Waals surface area contributed by atoms with Gasteiger partial charge in [0.1, 0.15) is 5.75 Å². The van der Waals surface area contributed by atoms with Gasteiger partial charge >= 0.3 is 5.97 Å². The van der Waals surface area contributed by atoms with E-state index in [4.69, 9.17) is 22.1 Å². The molecule has 0 saturated carbocycles. The number of carbonyl (C=O) groups excluding carboxylic acids is 1. The highest BCUT2D eigenvalue weighted by Gasteiger charge is 2.11. The number of hydrogen-bond donors (Lipinski definition) is 3. The number of benzene rings is 2. The molecule has 6 nitrogen and oxygen atoms in total. The van der Waals surface area contributed by atoms with Crippen LogP contribution in [-0.2, 0) is 0 Å². The minimum absolute atomic E-state index is 0.0773. The number of ether oxygens (including phenoxy) is 1. The van der Waals surface area contributed by atoms with Gasteiger partial charge in [-0.25, -0.2) is 4.79 Å². The second-order valence-electron chi connectivity index (χ2n) is 4.98. The Kier molecular flexibility index (Phi) is 5.49. The van der Waals surface area contributed by atoms with Crippen molar-refractivity contribution in [2.75, 3.05) is 12.4 Å². The van der Waals surface area contributed by atoms with Gasteiger partial charge in [0, 0.05) is 11.3 Å². The molecule has 124 valence electrons. The zero-order valence-corrected chi connectivity index (χ0v) is 13.9. The van der Waals surface area contributed by atoms with Crippen LogP contribution in [-0.4, -0.2) is 29.2 Å². The van der Waals surface area contributed by atoms with E-state index in [1.165, 1.54) is 19.2 Å². The monoisotopic (exact) mass is 344 g/mol. The van der Waals surface area contributed by atoms with E-state index in [9.17, 15) is 9.59 Å². The van der Waals surface area contributed by atoms with Crippen LogP contribution in [0.5, 0.6) is 5.75 Å². The van der Waals surface area contributed by atoms with E-state index in [2.05, 4.69) is 10.6 Å². The molecule has 0 aliphatic rings. The molecule has 0 fully saturated rings. The molecule has 0 aliphatic carbocycles. The molecule has 2 aromatic rings. The summed E-state index contributed by atoms with van der Waals surface area (Å²) in [7, 11) is 1.52. The lowest BCUT2D eigenvalue weighted by molar-refractivity contribution is 0.0696. The van der Waals surface area contributed by atoms with E-state index in [-0.39, 0.29) is 10.7 Å². The van der Waals surface area contributed by atoms with Gasteiger partial charge in [-0.3, -0.25) is 10.1 Å². The highest BCUT2D eigenvalue weighted by molar-refractivity contribution is 7.80. The van der Waals surface area contributed by atoms with Crippen molar-refractivity contribution in [3.63, 3.8) is 0 Å². The molecule has 2 aromatic carbocycles. The number of carbonyl (C=O) groups is 2. The van der Waals surface area contributed by atoms with Gasteiger partial charge in [0.15, 0.2) is 5.11 Å². The Morgan fingerprint density at radius 3 is 2.54 bits per heavy atom. The van der Waals surface area contributed by atoms with Crippen molar-refractivity contribution < 1.29 is 19.4 Å². The predicted molar refractivity (Wildman–Crippen MR) is 94.8 cm³/mol. The van der Waals surface area contributed by atoms with Crippen LogP contribution in [0.4, 0.5) is 5.69 Å². The van der Waals surface area contributed by atoms with Gasteiger partial charge in [-0.2, -0.15) is 0 Å². The fourth-order valence-electron chi connectivity index (χ4n) is 1.98. The third-order valence-corrected chi connectivity index (χ3v) is 3.50. The third kappa shape index (κ3) is 4.30. The van der Waals surface area contributed by atoms with Gasteiger partial charge in [-0.15, -0.1) is 0 Å². The second-order valence-corrected chi connectivity index (χ2v) is 5.38. The lowest BCUT2D eigenvalue weighted by Gasteiger charge is -2.12. The van der Waals surface area contributed by atoms with Crippen molar-refractivity contribution >= 4 is 34.9 Å². The van der Waals surface area contributed by atoms with Gasteiger partial charge in [0.05, 0.1) is 12.7 Å². The molecule has 0 atom stereocenters. The lowest BCUT2D eigenvalue weighted by atomic mass is 10.1. The Labute approximate surface area is 144 Å². The normalized spacial score (nSPS) is 9.92. The summed E-state index contributed by atoms with van der Waals surface area (Å²) < 4.78 is 5.07. The van der Waals surface area contributed by atoms with E-state index in [0.717, 1.165) is 5.56 Å². The van der Waals surface area contributed by atoms with Crippen LogP contribution in [0.25, 0.3) is 0 Å². The summed E-state index contributed by atoms with van der Waals surface area (Å²) in [6, 6.07) is 11.3. The number of anilines is 1. The molecule has 0 heterocycles. The summed E-state index contributed by atoms with van der Waals surface area (Å²) in [5.41, 5.74) is 1.85. The van der Waals surface area contributed by atoms with Crippen LogP contribution in [0, 0.1) is 6.92 Å². The number of methoxy groups -OCH3 is 1. The molecular weight excluding hydrogens is 328 g/mol. The Morgan fingerprint density at radius 2 is 1.88 bits per heavy atom. The maximum atomic E-state index is 12.2. The average molecular weight is 344 g/mol. The van der Waals surface area contributed by atoms with Crippen molar-refractivity contribution in [3.05, 3.63) is 59.2 Å². The zero-order valence-electron chi connectivity index (χ0n) is 13.1.